The molecule has 0 saturated heterocycles. The van der Waals surface area contributed by atoms with Crippen molar-refractivity contribution in [1.29, 1.82) is 0 Å². The normalized spacial score (nSPS) is 11.2. The van der Waals surface area contributed by atoms with Gasteiger partial charge in [-0.3, -0.25) is 0 Å². The van der Waals surface area contributed by atoms with E-state index in [2.05, 4.69) is 6.07 Å². The Morgan fingerprint density at radius 1 is 0.257 bits per heavy atom. The summed E-state index contributed by atoms with van der Waals surface area (Å²) in [5.74, 6) is -36.1. The molecule has 16 aromatic rings. The Kier molecular flexibility index (Phi) is 33.1. The van der Waals surface area contributed by atoms with E-state index in [-0.39, 0.29) is 103 Å². The zero-order valence-corrected chi connectivity index (χ0v) is 79.9. The molecule has 0 unspecified atom stereocenters. The van der Waals surface area contributed by atoms with Gasteiger partial charge in [0.1, 0.15) is 73.4 Å². The number of methoxy groups -OCH3 is 2. The first-order chi connectivity index (χ1) is 65.6. The van der Waals surface area contributed by atoms with Crippen molar-refractivity contribution in [3.05, 3.63) is 389 Å². The SMILES string of the molecule is COc1ccc(-c2ccc(Oc3ccc(S(=O)(=O)c4c[c-]c(Oc5ccc(-c6ccc(Oc7c(F)c(F)c(-c8c(F)c(F)c(C)c(F)c8F)c(F)c7F)cc6)cc5)cc4)cc3S(=O)(=O)[O-])cc2)cc1.COc1ccc(-c2ccc(Oc3ccc(S(=O)(=O)c4ccc(Oc5ccc(-c6ccc(Oc7c(F)c(F)c(-c8c(F)c(F)c(C)c(F)c8F)c(F)c7F)cc6)cc5)cc4)cc3)cc2)cc1.O=S(=O)=O.[Na+].[Na+]. The number of sulfone groups is 2. The molecule has 0 aliphatic carbocycles. The van der Waals surface area contributed by atoms with Crippen molar-refractivity contribution in [2.75, 3.05) is 14.2 Å². The third-order valence-electron chi connectivity index (χ3n) is 20.7. The quantitative estimate of drug-likeness (QED) is 0.0169. The van der Waals surface area contributed by atoms with Gasteiger partial charge in [-0.15, -0.1) is 24.8 Å². The number of rotatable bonds is 25. The topological polar surface area (TPSA) is 251 Å². The minimum Gasteiger partial charge on any atom is -0.744 e. The molecule has 0 aromatic heterocycles. The van der Waals surface area contributed by atoms with Crippen LogP contribution in [0.15, 0.2) is 304 Å². The Labute approximate surface area is 832 Å². The molecule has 704 valence electrons. The summed E-state index contributed by atoms with van der Waals surface area (Å²) in [6.07, 6.45) is 0. The van der Waals surface area contributed by atoms with Crippen LogP contribution in [0.2, 0.25) is 0 Å². The number of hydrogen-bond donors (Lipinski definition) is 0. The van der Waals surface area contributed by atoms with Crippen molar-refractivity contribution in [3.63, 3.8) is 0 Å². The van der Waals surface area contributed by atoms with Crippen LogP contribution in [0.4, 0.5) is 70.2 Å². The molecule has 0 bridgehead atoms. The summed E-state index contributed by atoms with van der Waals surface area (Å²) >= 11 is 0. The molecule has 140 heavy (non-hydrogen) atoms. The molecule has 0 atom stereocenters. The zero-order valence-electron chi connectivity index (χ0n) is 72.6. The van der Waals surface area contributed by atoms with Crippen molar-refractivity contribution in [2.45, 2.75) is 38.3 Å². The van der Waals surface area contributed by atoms with Crippen molar-refractivity contribution in [2.24, 2.45) is 0 Å². The average Bonchev–Trinajstić information content (AvgIpc) is 0.747. The molecule has 0 spiro atoms. The summed E-state index contributed by atoms with van der Waals surface area (Å²) in [7, 11) is -13.5. The van der Waals surface area contributed by atoms with E-state index in [1.165, 1.54) is 109 Å². The molecule has 0 fully saturated rings. The van der Waals surface area contributed by atoms with Gasteiger partial charge in [0.25, 0.3) is 0 Å². The van der Waals surface area contributed by atoms with Crippen molar-refractivity contribution < 1.29 is 210 Å². The van der Waals surface area contributed by atoms with Crippen molar-refractivity contribution in [1.82, 2.24) is 0 Å². The van der Waals surface area contributed by atoms with E-state index in [1.807, 2.05) is 60.7 Å². The number of hydrogen-bond acceptors (Lipinski definition) is 18. The minimum absolute atomic E-state index is 0. The molecule has 0 N–H and O–H groups in total. The third-order valence-corrected chi connectivity index (χ3v) is 25.1. The summed E-state index contributed by atoms with van der Waals surface area (Å²) < 4.78 is 395. The summed E-state index contributed by atoms with van der Waals surface area (Å²) in [6.45, 7) is 1.30. The van der Waals surface area contributed by atoms with Crippen LogP contribution in [0.25, 0.3) is 66.8 Å². The molecule has 0 saturated carbocycles. The second kappa shape index (κ2) is 44.1. The minimum atomic E-state index is -5.24. The molecule has 40 heteroatoms. The summed E-state index contributed by atoms with van der Waals surface area (Å²) in [5, 5.41) is 0. The van der Waals surface area contributed by atoms with Gasteiger partial charge in [-0.05, 0) is 227 Å². The number of benzene rings is 16. The molecule has 0 aliphatic rings. The van der Waals surface area contributed by atoms with E-state index in [0.717, 1.165) is 46.2 Å². The van der Waals surface area contributed by atoms with Crippen LogP contribution in [0.5, 0.6) is 80.5 Å². The smallest absolute Gasteiger partial charge is 0.744 e. The van der Waals surface area contributed by atoms with Gasteiger partial charge in [0.15, 0.2) is 79.6 Å². The van der Waals surface area contributed by atoms with E-state index in [0.29, 0.717) is 70.9 Å². The third kappa shape index (κ3) is 22.9. The van der Waals surface area contributed by atoms with E-state index in [1.54, 1.807) is 99.1 Å². The van der Waals surface area contributed by atoms with Crippen LogP contribution in [0, 0.1) is 113 Å². The van der Waals surface area contributed by atoms with Crippen LogP contribution in [-0.2, 0) is 40.4 Å². The van der Waals surface area contributed by atoms with Crippen LogP contribution in [0.1, 0.15) is 11.1 Å². The maximum absolute atomic E-state index is 15.1. The first kappa shape index (κ1) is 105. The average molecular weight is 2030 g/mol. The second-order valence-electron chi connectivity index (χ2n) is 29.3. The van der Waals surface area contributed by atoms with Gasteiger partial charge in [-0.2, -0.15) is 29.7 Å². The van der Waals surface area contributed by atoms with E-state index in [9.17, 15) is 64.9 Å². The zero-order chi connectivity index (χ0) is 99.3. The predicted octanol–water partition coefficient (Wildman–Crippen LogP) is 20.4. The largest absolute Gasteiger partial charge is 1.00 e. The molecule has 0 amide bonds. The second-order valence-corrected chi connectivity index (χ2v) is 34.9. The maximum Gasteiger partial charge on any atom is 1.00 e. The summed E-state index contributed by atoms with van der Waals surface area (Å²) in [5.41, 5.74) is -4.40. The molecule has 0 radical (unpaired) electrons. The molecular formula is C100H58F16Na2O18S4. The van der Waals surface area contributed by atoms with E-state index < -0.39 is 194 Å². The summed E-state index contributed by atoms with van der Waals surface area (Å²) in [6, 6.07) is 73.2. The maximum atomic E-state index is 15.1. The molecule has 0 aliphatic heterocycles. The first-order valence-electron chi connectivity index (χ1n) is 39.6. The molecular weight excluding hydrogens is 1970 g/mol. The van der Waals surface area contributed by atoms with Crippen molar-refractivity contribution in [3.8, 4) is 147 Å². The standard InChI is InChI=1S/C50H29F8O9S2.C50H30F8O6S.2Na.O3S/c1-26-42(51)44(53)40(45(54)43(26)52)41-46(55)48(57)50(49(58)47(41)56)67-35-17-9-30(10-18-35)28-5-13-32(14-6-28)65-33-19-21-36(22-20-33)68(59,60)37-23-24-38(39(25-37)69(61,62)63)66-34-15-7-29(8-16-34)27-3-11-31(64-2)12-4-27;1-27-42(51)44(53)40(45(54)43(27)52)41-46(55)48(57)50(49(58)47(41)56)64-37-17-9-31(10-18-37)30-7-15-34(16-8-30)63-36-21-25-39(26-22-36)65(59,60)38-23-19-35(20-24-38)62-33-13-5-29(6-14-33)28-3-11-32(61-2)12-4-28;;;1-4(2)3/h3-19,21-25H,1-2H3,(H,61,62,63);3-26H,1-2H3;;;/q-1;;2*+1;/p-1. The van der Waals surface area contributed by atoms with Gasteiger partial charge in [0.2, 0.25) is 44.6 Å². The fourth-order valence-corrected chi connectivity index (χ4v) is 16.8. The molecule has 18 nitrogen and oxygen atoms in total. The van der Waals surface area contributed by atoms with Crippen LogP contribution in [-0.4, -0.2) is 56.7 Å². The number of halogens is 16. The fraction of sp³-hybridized carbons (Fsp3) is 0.0400. The Bertz CT molecular complexity index is 7750. The number of ether oxygens (including phenoxy) is 8. The first-order valence-corrected chi connectivity index (χ1v) is 44.9. The van der Waals surface area contributed by atoms with Crippen LogP contribution < -0.4 is 97.0 Å². The van der Waals surface area contributed by atoms with Crippen LogP contribution >= 0.6 is 0 Å². The van der Waals surface area contributed by atoms with E-state index >= 15 is 35.1 Å². The van der Waals surface area contributed by atoms with Crippen molar-refractivity contribution >= 4 is 40.4 Å². The van der Waals surface area contributed by atoms with Gasteiger partial charge in [0, 0.05) is 16.9 Å². The molecule has 0 heterocycles. The Hall–Kier alpha value is -13.8. The summed E-state index contributed by atoms with van der Waals surface area (Å²) in [4.78, 5) is -1.63. The van der Waals surface area contributed by atoms with Gasteiger partial charge >= 0.3 is 69.7 Å². The predicted molar refractivity (Wildman–Crippen MR) is 467 cm³/mol. The Balaban J connectivity index is 0.000000238. The van der Waals surface area contributed by atoms with Crippen LogP contribution in [0.3, 0.4) is 0 Å². The monoisotopic (exact) mass is 2020 g/mol. The molecule has 16 aromatic carbocycles. The molecule has 16 rings (SSSR count). The van der Waals surface area contributed by atoms with Gasteiger partial charge < -0.3 is 42.4 Å². The van der Waals surface area contributed by atoms with Gasteiger partial charge in [-0.25, -0.2) is 77.9 Å². The Morgan fingerprint density at radius 3 is 0.721 bits per heavy atom. The Morgan fingerprint density at radius 2 is 0.471 bits per heavy atom. The van der Waals surface area contributed by atoms with Gasteiger partial charge in [-0.1, -0.05) is 97.1 Å². The fourth-order valence-electron chi connectivity index (χ4n) is 13.6. The van der Waals surface area contributed by atoms with Gasteiger partial charge in [0.05, 0.1) is 56.1 Å². The van der Waals surface area contributed by atoms with E-state index in [4.69, 9.17) is 50.5 Å².